The van der Waals surface area contributed by atoms with Gasteiger partial charge in [-0.2, -0.15) is 0 Å². The topological polar surface area (TPSA) is 210 Å². The minimum absolute atomic E-state index is 0.167. The zero-order valence-electron chi connectivity index (χ0n) is 26.2. The number of para-hydroxylation sites is 1. The predicted molar refractivity (Wildman–Crippen MR) is 173 cm³/mol. The lowest BCUT2D eigenvalue weighted by Crippen LogP contribution is -2.37. The SMILES string of the molecule is CC(C)O.COCCN(CCCCc1ccc2c(n1)NCCC2)CCC(Nc1ncnc2ccccc12)C(=O)O.O=P(O)(O)O. The number of aliphatic carboxylic acids is 1. The monoisotopic (exact) mass is 650 g/mol. The molecular weight excluding hydrogens is 603 g/mol. The van der Waals surface area contributed by atoms with E-state index in [0.717, 1.165) is 67.7 Å². The van der Waals surface area contributed by atoms with Crippen molar-refractivity contribution in [2.75, 3.05) is 50.5 Å². The fourth-order valence-electron chi connectivity index (χ4n) is 4.56. The number of phosphoric acid groups is 1. The fourth-order valence-corrected chi connectivity index (χ4v) is 4.56. The van der Waals surface area contributed by atoms with Crippen LogP contribution in [0, 0.1) is 0 Å². The number of aryl methyl sites for hydroxylation is 2. The normalized spacial score (nSPS) is 13.2. The van der Waals surface area contributed by atoms with E-state index in [2.05, 4.69) is 37.6 Å². The van der Waals surface area contributed by atoms with E-state index in [4.69, 9.17) is 34.1 Å². The van der Waals surface area contributed by atoms with Crippen LogP contribution >= 0.6 is 7.82 Å². The number of aliphatic hydroxyl groups is 1. The first-order valence-corrected chi connectivity index (χ1v) is 16.5. The van der Waals surface area contributed by atoms with Crippen LogP contribution in [0.4, 0.5) is 11.6 Å². The van der Waals surface area contributed by atoms with Crippen LogP contribution in [-0.4, -0.2) is 103 Å². The number of carboxylic acids is 1. The Morgan fingerprint density at radius 2 is 1.80 bits per heavy atom. The molecule has 1 aliphatic rings. The van der Waals surface area contributed by atoms with Gasteiger partial charge in [0.05, 0.1) is 12.1 Å². The van der Waals surface area contributed by atoms with Crippen molar-refractivity contribution in [3.63, 3.8) is 0 Å². The molecule has 1 aliphatic heterocycles. The fraction of sp³-hybridized carbons (Fsp3) is 0.533. The van der Waals surface area contributed by atoms with Crippen LogP contribution in [0.1, 0.15) is 50.8 Å². The Morgan fingerprint density at radius 3 is 2.49 bits per heavy atom. The molecule has 0 radical (unpaired) electrons. The van der Waals surface area contributed by atoms with Gasteiger partial charge in [-0.15, -0.1) is 0 Å². The van der Waals surface area contributed by atoms with Crippen molar-refractivity contribution in [2.24, 2.45) is 0 Å². The number of nitrogens with zero attached hydrogens (tertiary/aromatic N) is 4. The van der Waals surface area contributed by atoms with Crippen molar-refractivity contribution in [3.05, 3.63) is 54.0 Å². The van der Waals surface area contributed by atoms with Crippen LogP contribution < -0.4 is 10.6 Å². The lowest BCUT2D eigenvalue weighted by atomic mass is 10.1. The molecule has 3 heterocycles. The van der Waals surface area contributed by atoms with E-state index in [0.29, 0.717) is 25.4 Å². The molecular formula is C30H47N6O8P. The highest BCUT2D eigenvalue weighted by molar-refractivity contribution is 7.45. The van der Waals surface area contributed by atoms with Crippen molar-refractivity contribution in [3.8, 4) is 0 Å². The Kier molecular flexibility index (Phi) is 16.9. The molecule has 0 saturated heterocycles. The first-order valence-electron chi connectivity index (χ1n) is 15.0. The molecule has 0 saturated carbocycles. The average Bonchev–Trinajstić information content (AvgIpc) is 2.98. The van der Waals surface area contributed by atoms with E-state index in [-0.39, 0.29) is 6.10 Å². The molecule has 14 nitrogen and oxygen atoms in total. The predicted octanol–water partition coefficient (Wildman–Crippen LogP) is 3.07. The summed E-state index contributed by atoms with van der Waals surface area (Å²) < 4.78 is 14.2. The van der Waals surface area contributed by atoms with Crippen molar-refractivity contribution < 1.29 is 39.0 Å². The van der Waals surface area contributed by atoms with Gasteiger partial charge < -0.3 is 45.2 Å². The molecule has 250 valence electrons. The van der Waals surface area contributed by atoms with Gasteiger partial charge in [0.2, 0.25) is 0 Å². The van der Waals surface area contributed by atoms with Crippen LogP contribution in [0.3, 0.4) is 0 Å². The maximum atomic E-state index is 12.0. The minimum Gasteiger partial charge on any atom is -0.480 e. The number of aliphatic hydroxyl groups excluding tert-OH is 1. The lowest BCUT2D eigenvalue weighted by Gasteiger charge is -2.24. The second kappa shape index (κ2) is 20.0. The highest BCUT2D eigenvalue weighted by Crippen LogP contribution is 2.26. The van der Waals surface area contributed by atoms with E-state index >= 15 is 0 Å². The van der Waals surface area contributed by atoms with Gasteiger partial charge >= 0.3 is 13.8 Å². The molecule has 4 rings (SSSR count). The van der Waals surface area contributed by atoms with Gasteiger partial charge in [-0.1, -0.05) is 18.2 Å². The highest BCUT2D eigenvalue weighted by atomic mass is 31.2. The summed E-state index contributed by atoms with van der Waals surface area (Å²) in [6.45, 7) is 7.35. The number of rotatable bonds is 14. The molecule has 45 heavy (non-hydrogen) atoms. The summed E-state index contributed by atoms with van der Waals surface area (Å²) >= 11 is 0. The third-order valence-electron chi connectivity index (χ3n) is 6.61. The number of pyridine rings is 1. The van der Waals surface area contributed by atoms with E-state index < -0.39 is 19.8 Å². The van der Waals surface area contributed by atoms with E-state index in [9.17, 15) is 9.90 Å². The number of hydrogen-bond donors (Lipinski definition) is 7. The average molecular weight is 651 g/mol. The molecule has 1 atom stereocenters. The number of methoxy groups -OCH3 is 1. The zero-order valence-corrected chi connectivity index (χ0v) is 27.1. The minimum atomic E-state index is -4.64. The number of ether oxygens (including phenoxy) is 1. The Balaban J connectivity index is 0.000000691. The summed E-state index contributed by atoms with van der Waals surface area (Å²) in [6, 6.07) is 11.2. The molecule has 0 aliphatic carbocycles. The summed E-state index contributed by atoms with van der Waals surface area (Å²) in [4.78, 5) is 49.2. The van der Waals surface area contributed by atoms with Gasteiger partial charge in [-0.3, -0.25) is 0 Å². The second-order valence-electron chi connectivity index (χ2n) is 10.8. The van der Waals surface area contributed by atoms with Crippen LogP contribution in [0.5, 0.6) is 0 Å². The Labute approximate surface area is 264 Å². The van der Waals surface area contributed by atoms with Crippen LogP contribution in [0.2, 0.25) is 0 Å². The van der Waals surface area contributed by atoms with Crippen molar-refractivity contribution in [1.82, 2.24) is 19.9 Å². The molecule has 0 bridgehead atoms. The number of carboxylic acid groups (broad SMARTS) is 1. The van der Waals surface area contributed by atoms with Gasteiger partial charge in [0.15, 0.2) is 0 Å². The summed E-state index contributed by atoms with van der Waals surface area (Å²) in [6.07, 6.45) is 6.99. The molecule has 0 amide bonds. The Bertz CT molecular complexity index is 1340. The van der Waals surface area contributed by atoms with E-state index in [1.807, 2.05) is 24.3 Å². The molecule has 7 N–H and O–H groups in total. The molecule has 0 fully saturated rings. The van der Waals surface area contributed by atoms with Crippen LogP contribution in [0.15, 0.2) is 42.7 Å². The van der Waals surface area contributed by atoms with Gasteiger partial charge in [0.25, 0.3) is 0 Å². The molecule has 3 aromatic rings. The smallest absolute Gasteiger partial charge is 0.466 e. The molecule has 0 spiro atoms. The maximum absolute atomic E-state index is 12.0. The van der Waals surface area contributed by atoms with Crippen LogP contribution in [-0.2, 0) is 26.9 Å². The number of anilines is 2. The molecule has 1 unspecified atom stereocenters. The lowest BCUT2D eigenvalue weighted by molar-refractivity contribution is -0.138. The first-order chi connectivity index (χ1) is 21.4. The van der Waals surface area contributed by atoms with Gasteiger partial charge in [0.1, 0.15) is 24.0 Å². The van der Waals surface area contributed by atoms with Gasteiger partial charge in [-0.25, -0.2) is 24.3 Å². The number of fused-ring (bicyclic) bond motifs is 2. The zero-order chi connectivity index (χ0) is 33.2. The third-order valence-corrected chi connectivity index (χ3v) is 6.61. The van der Waals surface area contributed by atoms with E-state index in [1.165, 1.54) is 18.3 Å². The highest BCUT2D eigenvalue weighted by Gasteiger charge is 2.20. The Morgan fingerprint density at radius 1 is 1.09 bits per heavy atom. The molecule has 2 aromatic heterocycles. The standard InChI is InChI=1S/C27H36N6O3.C3H8O.H3O4P/c1-36-18-17-33(15-5-4-8-21-12-11-20-7-6-14-28-25(20)31-21)16-13-24(27(34)35)32-26-22-9-2-3-10-23(22)29-19-30-26;1-3(2)4;1-5(2,3)4/h2-3,9-12,19,24H,4-8,13-18H2,1H3,(H,28,31)(H,34,35)(H,29,30,32);3-4H,1-2H3;(H3,1,2,3,4). The Hall–Kier alpha value is -3.23. The summed E-state index contributed by atoms with van der Waals surface area (Å²) in [5.41, 5.74) is 3.22. The number of aromatic nitrogens is 3. The maximum Gasteiger partial charge on any atom is 0.466 e. The van der Waals surface area contributed by atoms with Crippen molar-refractivity contribution >= 4 is 36.3 Å². The number of hydrogen-bond acceptors (Lipinski definition) is 10. The third kappa shape index (κ3) is 16.1. The van der Waals surface area contributed by atoms with Gasteiger partial charge in [0, 0.05) is 43.9 Å². The number of carbonyl (C=O) groups is 1. The number of nitrogens with one attached hydrogen (secondary N) is 2. The van der Waals surface area contributed by atoms with Crippen molar-refractivity contribution in [1.29, 1.82) is 0 Å². The second-order valence-corrected chi connectivity index (χ2v) is 11.8. The largest absolute Gasteiger partial charge is 0.480 e. The first kappa shape index (κ1) is 38.0. The van der Waals surface area contributed by atoms with Gasteiger partial charge in [-0.05, 0) is 82.7 Å². The quantitative estimate of drug-likeness (QED) is 0.0988. The summed E-state index contributed by atoms with van der Waals surface area (Å²) in [5.74, 6) is 0.698. The summed E-state index contributed by atoms with van der Waals surface area (Å²) in [7, 11) is -2.95. The number of benzene rings is 1. The van der Waals surface area contributed by atoms with Crippen molar-refractivity contribution in [2.45, 2.75) is 64.5 Å². The molecule has 1 aromatic carbocycles. The molecule has 15 heteroatoms. The van der Waals surface area contributed by atoms with E-state index in [1.54, 1.807) is 21.0 Å². The van der Waals surface area contributed by atoms with Crippen LogP contribution in [0.25, 0.3) is 10.9 Å². The number of unbranched alkanes of at least 4 members (excludes halogenated alkanes) is 1. The summed E-state index contributed by atoms with van der Waals surface area (Å²) in [5, 5.41) is 25.3.